The van der Waals surface area contributed by atoms with Crippen molar-refractivity contribution in [2.45, 2.75) is 11.6 Å². The normalized spacial score (nSPS) is 43.0. The third-order valence-electron chi connectivity index (χ3n) is 1.63. The Bertz CT molecular complexity index is 132. The molecule has 1 aliphatic heterocycles. The third-order valence-corrected chi connectivity index (χ3v) is 1.63. The first-order valence-corrected chi connectivity index (χ1v) is 3.48. The molecule has 0 aromatic rings. The summed E-state index contributed by atoms with van der Waals surface area (Å²) in [6.07, 6.45) is 0. The zero-order valence-electron chi connectivity index (χ0n) is 6.43. The standard InChI is InChI=1S/C6H12O6/c7-1-5(9)3-12-6(10,2-8)4-11-5/h7-10H,1-4H2/t5-,6-/m1/s1. The maximum atomic E-state index is 9.22. The first kappa shape index (κ1) is 9.85. The molecule has 0 spiro atoms. The van der Waals surface area contributed by atoms with Gasteiger partial charge in [0.1, 0.15) is 13.2 Å². The topological polar surface area (TPSA) is 99.4 Å². The summed E-state index contributed by atoms with van der Waals surface area (Å²) in [6, 6.07) is 0. The predicted molar refractivity (Wildman–Crippen MR) is 36.0 cm³/mol. The van der Waals surface area contributed by atoms with Gasteiger partial charge in [0.05, 0.1) is 13.2 Å². The summed E-state index contributed by atoms with van der Waals surface area (Å²) in [5.41, 5.74) is 0. The summed E-state index contributed by atoms with van der Waals surface area (Å²) in [5, 5.41) is 35.6. The molecule has 0 saturated carbocycles. The second-order valence-corrected chi connectivity index (χ2v) is 2.79. The van der Waals surface area contributed by atoms with Crippen LogP contribution in [0.5, 0.6) is 0 Å². The predicted octanol–water partition coefficient (Wildman–Crippen LogP) is -2.60. The lowest BCUT2D eigenvalue weighted by Crippen LogP contribution is -2.56. The Balaban J connectivity index is 2.49. The SMILES string of the molecule is OC[C@]1(O)CO[C@](O)(CO)CO1. The van der Waals surface area contributed by atoms with Gasteiger partial charge in [-0.15, -0.1) is 0 Å². The van der Waals surface area contributed by atoms with Gasteiger partial charge in [0.25, 0.3) is 0 Å². The maximum Gasteiger partial charge on any atom is 0.213 e. The van der Waals surface area contributed by atoms with Crippen molar-refractivity contribution in [3.05, 3.63) is 0 Å². The minimum absolute atomic E-state index is 0.374. The molecule has 0 amide bonds. The highest BCUT2D eigenvalue weighted by atomic mass is 16.7. The van der Waals surface area contributed by atoms with Gasteiger partial charge in [-0.3, -0.25) is 0 Å². The number of rotatable bonds is 2. The largest absolute Gasteiger partial charge is 0.391 e. The summed E-state index contributed by atoms with van der Waals surface area (Å²) in [7, 11) is 0. The van der Waals surface area contributed by atoms with Crippen LogP contribution in [0.3, 0.4) is 0 Å². The van der Waals surface area contributed by atoms with Crippen molar-refractivity contribution in [3.63, 3.8) is 0 Å². The molecule has 12 heavy (non-hydrogen) atoms. The van der Waals surface area contributed by atoms with Crippen LogP contribution in [0.2, 0.25) is 0 Å². The fourth-order valence-corrected chi connectivity index (χ4v) is 0.760. The first-order chi connectivity index (χ1) is 5.54. The molecule has 0 aliphatic carbocycles. The van der Waals surface area contributed by atoms with E-state index in [9.17, 15) is 10.2 Å². The minimum atomic E-state index is -1.76. The highest BCUT2D eigenvalue weighted by molar-refractivity contribution is 4.77. The summed E-state index contributed by atoms with van der Waals surface area (Å²) >= 11 is 0. The fourth-order valence-electron chi connectivity index (χ4n) is 0.760. The van der Waals surface area contributed by atoms with Gasteiger partial charge in [-0.05, 0) is 0 Å². The fraction of sp³-hybridized carbons (Fsp3) is 1.00. The van der Waals surface area contributed by atoms with Gasteiger partial charge >= 0.3 is 0 Å². The Morgan fingerprint density at radius 2 is 1.25 bits per heavy atom. The Labute approximate surface area is 69.0 Å². The second-order valence-electron chi connectivity index (χ2n) is 2.79. The highest BCUT2D eigenvalue weighted by Gasteiger charge is 2.42. The average molecular weight is 180 g/mol. The van der Waals surface area contributed by atoms with Gasteiger partial charge in [0.2, 0.25) is 11.6 Å². The lowest BCUT2D eigenvalue weighted by Gasteiger charge is -2.38. The van der Waals surface area contributed by atoms with Crippen LogP contribution in [0.25, 0.3) is 0 Å². The molecule has 1 saturated heterocycles. The molecule has 0 radical (unpaired) electrons. The molecule has 1 aliphatic rings. The van der Waals surface area contributed by atoms with Gasteiger partial charge in [0, 0.05) is 0 Å². The maximum absolute atomic E-state index is 9.22. The van der Waals surface area contributed by atoms with Crippen molar-refractivity contribution in [3.8, 4) is 0 Å². The van der Waals surface area contributed by atoms with Crippen molar-refractivity contribution in [2.24, 2.45) is 0 Å². The van der Waals surface area contributed by atoms with Gasteiger partial charge in [-0.2, -0.15) is 0 Å². The van der Waals surface area contributed by atoms with E-state index in [1.165, 1.54) is 0 Å². The highest BCUT2D eigenvalue weighted by Crippen LogP contribution is 2.20. The molecule has 0 aromatic carbocycles. The van der Waals surface area contributed by atoms with Crippen LogP contribution < -0.4 is 0 Å². The number of aliphatic hydroxyl groups is 4. The van der Waals surface area contributed by atoms with E-state index in [1.54, 1.807) is 0 Å². The Hall–Kier alpha value is -0.240. The zero-order chi connectivity index (χ0) is 9.24. The van der Waals surface area contributed by atoms with Gasteiger partial charge in [-0.1, -0.05) is 0 Å². The van der Waals surface area contributed by atoms with Crippen molar-refractivity contribution in [2.75, 3.05) is 26.4 Å². The summed E-state index contributed by atoms with van der Waals surface area (Å²) in [5.74, 6) is -3.52. The molecule has 2 atom stereocenters. The summed E-state index contributed by atoms with van der Waals surface area (Å²) in [4.78, 5) is 0. The first-order valence-electron chi connectivity index (χ1n) is 3.48. The van der Waals surface area contributed by atoms with Crippen LogP contribution in [0, 0.1) is 0 Å². The Kier molecular flexibility index (Phi) is 2.67. The van der Waals surface area contributed by atoms with E-state index < -0.39 is 24.8 Å². The second kappa shape index (κ2) is 3.25. The third kappa shape index (κ3) is 1.92. The molecule has 0 bridgehead atoms. The molecule has 4 N–H and O–H groups in total. The lowest BCUT2D eigenvalue weighted by molar-refractivity contribution is -0.377. The number of hydrogen-bond donors (Lipinski definition) is 4. The summed E-state index contributed by atoms with van der Waals surface area (Å²) in [6.45, 7) is -1.98. The van der Waals surface area contributed by atoms with E-state index in [0.717, 1.165) is 0 Å². The number of ether oxygens (including phenoxy) is 2. The molecule has 72 valence electrons. The van der Waals surface area contributed by atoms with Crippen LogP contribution in [-0.2, 0) is 9.47 Å². The lowest BCUT2D eigenvalue weighted by atomic mass is 10.2. The van der Waals surface area contributed by atoms with Gasteiger partial charge in [-0.25, -0.2) is 0 Å². The van der Waals surface area contributed by atoms with E-state index in [-0.39, 0.29) is 13.2 Å². The van der Waals surface area contributed by atoms with E-state index in [1.807, 2.05) is 0 Å². The van der Waals surface area contributed by atoms with Gasteiger partial charge in [0.15, 0.2) is 0 Å². The molecule has 6 heteroatoms. The van der Waals surface area contributed by atoms with Crippen molar-refractivity contribution in [1.82, 2.24) is 0 Å². The van der Waals surface area contributed by atoms with Crippen molar-refractivity contribution in [1.29, 1.82) is 0 Å². The van der Waals surface area contributed by atoms with Crippen molar-refractivity contribution < 1.29 is 29.9 Å². The van der Waals surface area contributed by atoms with E-state index >= 15 is 0 Å². The molecule has 1 heterocycles. The molecule has 0 aromatic heterocycles. The number of aliphatic hydroxyl groups excluding tert-OH is 2. The average Bonchev–Trinajstić information content (AvgIpc) is 2.11. The quantitative estimate of drug-likeness (QED) is 0.372. The molecule has 1 fully saturated rings. The van der Waals surface area contributed by atoms with Crippen LogP contribution >= 0.6 is 0 Å². The molecule has 1 rings (SSSR count). The molecule has 0 unspecified atom stereocenters. The van der Waals surface area contributed by atoms with Crippen LogP contribution in [0.4, 0.5) is 0 Å². The number of hydrogen-bond acceptors (Lipinski definition) is 6. The smallest absolute Gasteiger partial charge is 0.213 e. The van der Waals surface area contributed by atoms with E-state index in [2.05, 4.69) is 0 Å². The van der Waals surface area contributed by atoms with Crippen LogP contribution in [0.1, 0.15) is 0 Å². The zero-order valence-corrected chi connectivity index (χ0v) is 6.43. The Morgan fingerprint density at radius 1 is 0.917 bits per heavy atom. The van der Waals surface area contributed by atoms with Crippen molar-refractivity contribution >= 4 is 0 Å². The van der Waals surface area contributed by atoms with Gasteiger partial charge < -0.3 is 29.9 Å². The van der Waals surface area contributed by atoms with E-state index in [4.69, 9.17) is 19.7 Å². The Morgan fingerprint density at radius 3 is 1.42 bits per heavy atom. The minimum Gasteiger partial charge on any atom is -0.391 e. The monoisotopic (exact) mass is 180 g/mol. The van der Waals surface area contributed by atoms with E-state index in [0.29, 0.717) is 0 Å². The summed E-state index contributed by atoms with van der Waals surface area (Å²) < 4.78 is 9.38. The molecule has 6 nitrogen and oxygen atoms in total. The van der Waals surface area contributed by atoms with Crippen LogP contribution in [0.15, 0.2) is 0 Å². The molecular weight excluding hydrogens is 168 g/mol. The van der Waals surface area contributed by atoms with Crippen LogP contribution in [-0.4, -0.2) is 58.4 Å². The molecular formula is C6H12O6.